The van der Waals surface area contributed by atoms with Crippen LogP contribution in [0.15, 0.2) is 18.2 Å². The summed E-state index contributed by atoms with van der Waals surface area (Å²) in [5.74, 6) is 0.254. The maximum Gasteiger partial charge on any atom is 0.231 e. The molecule has 2 nitrogen and oxygen atoms in total. The third-order valence-electron chi connectivity index (χ3n) is 2.38. The highest BCUT2D eigenvalue weighted by molar-refractivity contribution is 14.1. The SMILES string of the molecule is Cc1ccc(NC(=O)C(C)(C)CCl)cc1I. The number of nitrogens with one attached hydrogen (secondary N) is 1. The summed E-state index contributed by atoms with van der Waals surface area (Å²) in [6.45, 7) is 5.69. The quantitative estimate of drug-likeness (QED) is 0.651. The van der Waals surface area contributed by atoms with Crippen molar-refractivity contribution in [2.45, 2.75) is 20.8 Å². The largest absolute Gasteiger partial charge is 0.326 e. The second kappa shape index (κ2) is 5.36. The molecule has 1 N–H and O–H groups in total. The van der Waals surface area contributed by atoms with Crippen molar-refractivity contribution in [2.24, 2.45) is 5.41 Å². The lowest BCUT2D eigenvalue weighted by atomic mass is 9.95. The molecule has 1 aromatic rings. The van der Waals surface area contributed by atoms with E-state index in [4.69, 9.17) is 11.6 Å². The summed E-state index contributed by atoms with van der Waals surface area (Å²) in [7, 11) is 0. The molecule has 1 rings (SSSR count). The van der Waals surface area contributed by atoms with Crippen LogP contribution in [0.25, 0.3) is 0 Å². The van der Waals surface area contributed by atoms with E-state index < -0.39 is 5.41 Å². The second-order valence-corrected chi connectivity index (χ2v) is 5.87. The van der Waals surface area contributed by atoms with Crippen LogP contribution in [0.1, 0.15) is 19.4 Å². The van der Waals surface area contributed by atoms with Crippen LogP contribution in [0, 0.1) is 15.9 Å². The third kappa shape index (κ3) is 3.35. The molecule has 0 unspecified atom stereocenters. The van der Waals surface area contributed by atoms with Gasteiger partial charge >= 0.3 is 0 Å². The molecule has 0 aromatic heterocycles. The highest BCUT2D eigenvalue weighted by atomic mass is 127. The summed E-state index contributed by atoms with van der Waals surface area (Å²) in [6, 6.07) is 5.85. The van der Waals surface area contributed by atoms with Crippen molar-refractivity contribution in [2.75, 3.05) is 11.2 Å². The Labute approximate surface area is 115 Å². The van der Waals surface area contributed by atoms with E-state index in [9.17, 15) is 4.79 Å². The van der Waals surface area contributed by atoms with Gasteiger partial charge in [0.25, 0.3) is 0 Å². The molecule has 0 aliphatic heterocycles. The van der Waals surface area contributed by atoms with Crippen LogP contribution < -0.4 is 5.32 Å². The lowest BCUT2D eigenvalue weighted by molar-refractivity contribution is -0.122. The number of carbonyl (C=O) groups excluding carboxylic acids is 1. The van der Waals surface area contributed by atoms with Gasteiger partial charge in [-0.3, -0.25) is 4.79 Å². The predicted molar refractivity (Wildman–Crippen MR) is 77.0 cm³/mol. The van der Waals surface area contributed by atoms with Crippen LogP contribution in [0.5, 0.6) is 0 Å². The lowest BCUT2D eigenvalue weighted by Crippen LogP contribution is -2.32. The standard InChI is InChI=1S/C12H15ClINO/c1-8-4-5-9(6-10(8)14)15-11(16)12(2,3)7-13/h4-6H,7H2,1-3H3,(H,15,16). The first kappa shape index (κ1) is 13.8. The lowest BCUT2D eigenvalue weighted by Gasteiger charge is -2.20. The number of rotatable bonds is 3. The maximum atomic E-state index is 11.9. The van der Waals surface area contributed by atoms with Gasteiger partial charge in [-0.2, -0.15) is 0 Å². The van der Waals surface area contributed by atoms with E-state index in [-0.39, 0.29) is 5.91 Å². The molecule has 0 spiro atoms. The van der Waals surface area contributed by atoms with Crippen molar-refractivity contribution < 1.29 is 4.79 Å². The summed E-state index contributed by atoms with van der Waals surface area (Å²) >= 11 is 8.00. The fraction of sp³-hybridized carbons (Fsp3) is 0.417. The van der Waals surface area contributed by atoms with Gasteiger partial charge < -0.3 is 5.32 Å². The summed E-state index contributed by atoms with van der Waals surface area (Å²) in [6.07, 6.45) is 0. The Balaban J connectivity index is 2.82. The van der Waals surface area contributed by atoms with Crippen molar-refractivity contribution in [1.82, 2.24) is 0 Å². The molecule has 4 heteroatoms. The van der Waals surface area contributed by atoms with Gasteiger partial charge in [0.2, 0.25) is 5.91 Å². The van der Waals surface area contributed by atoms with Gasteiger partial charge in [0, 0.05) is 15.1 Å². The van der Waals surface area contributed by atoms with Crippen LogP contribution in [-0.2, 0) is 4.79 Å². The second-order valence-electron chi connectivity index (χ2n) is 4.44. The predicted octanol–water partition coefficient (Wildman–Crippen LogP) is 3.80. The average molecular weight is 352 g/mol. The van der Waals surface area contributed by atoms with Crippen LogP contribution in [0.3, 0.4) is 0 Å². The van der Waals surface area contributed by atoms with Gasteiger partial charge in [0.1, 0.15) is 0 Å². The first-order valence-corrected chi connectivity index (χ1v) is 6.62. The van der Waals surface area contributed by atoms with Gasteiger partial charge in [-0.15, -0.1) is 11.6 Å². The Bertz CT molecular complexity index is 404. The minimum atomic E-state index is -0.544. The van der Waals surface area contributed by atoms with E-state index >= 15 is 0 Å². The molecule has 0 bridgehead atoms. The van der Waals surface area contributed by atoms with Crippen LogP contribution in [0.4, 0.5) is 5.69 Å². The average Bonchev–Trinajstić information content (AvgIpc) is 2.23. The number of halogens is 2. The van der Waals surface area contributed by atoms with Crippen molar-refractivity contribution in [1.29, 1.82) is 0 Å². The topological polar surface area (TPSA) is 29.1 Å². The van der Waals surface area contributed by atoms with E-state index in [1.165, 1.54) is 5.56 Å². The number of alkyl halides is 1. The molecular weight excluding hydrogens is 336 g/mol. The van der Waals surface area contributed by atoms with E-state index in [2.05, 4.69) is 27.9 Å². The van der Waals surface area contributed by atoms with Crippen molar-refractivity contribution in [3.63, 3.8) is 0 Å². The summed E-state index contributed by atoms with van der Waals surface area (Å²) < 4.78 is 1.14. The smallest absolute Gasteiger partial charge is 0.231 e. The number of aryl methyl sites for hydroxylation is 1. The molecule has 0 heterocycles. The van der Waals surface area contributed by atoms with Crippen LogP contribution in [-0.4, -0.2) is 11.8 Å². The number of hydrogen-bond donors (Lipinski definition) is 1. The van der Waals surface area contributed by atoms with Gasteiger partial charge in [-0.1, -0.05) is 6.07 Å². The Morgan fingerprint density at radius 1 is 1.50 bits per heavy atom. The Kier molecular flexibility index (Phi) is 4.62. The number of anilines is 1. The monoisotopic (exact) mass is 351 g/mol. The summed E-state index contributed by atoms with van der Waals surface area (Å²) in [5, 5.41) is 2.87. The van der Waals surface area contributed by atoms with Crippen LogP contribution in [0.2, 0.25) is 0 Å². The molecule has 0 aliphatic carbocycles. The van der Waals surface area contributed by atoms with Gasteiger partial charge in [0.05, 0.1) is 5.41 Å². The Hall–Kier alpha value is -0.290. The normalized spacial score (nSPS) is 11.3. The zero-order chi connectivity index (χ0) is 12.3. The molecular formula is C12H15ClINO. The first-order valence-electron chi connectivity index (χ1n) is 5.00. The zero-order valence-electron chi connectivity index (χ0n) is 9.60. The highest BCUT2D eigenvalue weighted by Gasteiger charge is 2.26. The maximum absolute atomic E-state index is 11.9. The minimum absolute atomic E-state index is 0.0536. The highest BCUT2D eigenvalue weighted by Crippen LogP contribution is 2.22. The molecule has 0 fully saturated rings. The zero-order valence-corrected chi connectivity index (χ0v) is 12.5. The van der Waals surface area contributed by atoms with Gasteiger partial charge in [0.15, 0.2) is 0 Å². The van der Waals surface area contributed by atoms with E-state index in [1.807, 2.05) is 39.0 Å². The molecule has 88 valence electrons. The number of hydrogen-bond acceptors (Lipinski definition) is 1. The Morgan fingerprint density at radius 3 is 2.62 bits per heavy atom. The molecule has 0 radical (unpaired) electrons. The van der Waals surface area contributed by atoms with E-state index in [1.54, 1.807) is 0 Å². The van der Waals surface area contributed by atoms with Crippen molar-refractivity contribution in [3.8, 4) is 0 Å². The fourth-order valence-electron chi connectivity index (χ4n) is 1.03. The molecule has 16 heavy (non-hydrogen) atoms. The molecule has 0 atom stereocenters. The number of benzene rings is 1. The van der Waals surface area contributed by atoms with Crippen LogP contribution >= 0.6 is 34.2 Å². The Morgan fingerprint density at radius 2 is 2.12 bits per heavy atom. The fourth-order valence-corrected chi connectivity index (χ4v) is 1.67. The third-order valence-corrected chi connectivity index (χ3v) is 4.21. The molecule has 1 aromatic carbocycles. The van der Waals surface area contributed by atoms with Gasteiger partial charge in [-0.05, 0) is 61.1 Å². The number of amides is 1. The number of carbonyl (C=O) groups is 1. The van der Waals surface area contributed by atoms with Gasteiger partial charge in [-0.25, -0.2) is 0 Å². The molecule has 0 saturated carbocycles. The first-order chi connectivity index (χ1) is 7.36. The van der Waals surface area contributed by atoms with Crippen molar-refractivity contribution >= 4 is 45.8 Å². The molecule has 0 saturated heterocycles. The molecule has 1 amide bonds. The van der Waals surface area contributed by atoms with Crippen molar-refractivity contribution in [3.05, 3.63) is 27.3 Å². The minimum Gasteiger partial charge on any atom is -0.326 e. The van der Waals surface area contributed by atoms with E-state index in [0.717, 1.165) is 9.26 Å². The molecule has 0 aliphatic rings. The summed E-state index contributed by atoms with van der Waals surface area (Å²) in [5.41, 5.74) is 1.48. The summed E-state index contributed by atoms with van der Waals surface area (Å²) in [4.78, 5) is 11.9. The van der Waals surface area contributed by atoms with E-state index in [0.29, 0.717) is 5.88 Å².